The summed E-state index contributed by atoms with van der Waals surface area (Å²) in [5.74, 6) is 0. The molecule has 0 aliphatic carbocycles. The molecule has 0 aromatic heterocycles. The molecule has 0 amide bonds. The van der Waals surface area contributed by atoms with Crippen molar-refractivity contribution in [1.29, 1.82) is 0 Å². The minimum absolute atomic E-state index is 0.580. The Bertz CT molecular complexity index is 246. The second-order valence-electron chi connectivity index (χ2n) is 4.03. The number of nitrogens with zero attached hydrogens (tertiary/aromatic N) is 1. The molecule has 0 aliphatic rings. The van der Waals surface area contributed by atoms with Crippen molar-refractivity contribution in [2.45, 2.75) is 24.0 Å². The van der Waals surface area contributed by atoms with E-state index in [-0.39, 0.29) is 0 Å². The first-order valence-electron chi connectivity index (χ1n) is 5.47. The second-order valence-corrected chi connectivity index (χ2v) is 4.03. The molecule has 1 rings (SSSR count). The van der Waals surface area contributed by atoms with Crippen molar-refractivity contribution >= 4 is 17.7 Å². The first-order valence-corrected chi connectivity index (χ1v) is 5.47. The second kappa shape index (κ2) is 6.30. The molecule has 72 valence electrons. The molecule has 1 atom stereocenters. The Morgan fingerprint density at radius 1 is 1.21 bits per heavy atom. The van der Waals surface area contributed by atoms with Crippen molar-refractivity contribution in [2.75, 3.05) is 14.1 Å². The Hall–Kier alpha value is -0.223. The zero-order chi connectivity index (χ0) is 10.4. The van der Waals surface area contributed by atoms with Crippen LogP contribution in [0.4, 0.5) is 0 Å². The summed E-state index contributed by atoms with van der Waals surface area (Å²) in [6.07, 6.45) is 2.56. The van der Waals surface area contributed by atoms with Gasteiger partial charge in [-0.1, -0.05) is 0 Å². The van der Waals surface area contributed by atoms with E-state index in [4.69, 9.17) is 0 Å². The van der Waals surface area contributed by atoms with Crippen LogP contribution in [0.3, 0.4) is 0 Å². The van der Waals surface area contributed by atoms with Crippen LogP contribution in [0.2, 0.25) is 5.09 Å². The average Bonchev–Trinajstić information content (AvgIpc) is 2.19. The predicted octanol–water partition coefficient (Wildman–Crippen LogP) is 2.66. The molecule has 14 heavy (non-hydrogen) atoms. The third kappa shape index (κ3) is 3.50. The zero-order valence-electron chi connectivity index (χ0n) is 9.53. The van der Waals surface area contributed by atoms with Crippen molar-refractivity contribution in [3.05, 3.63) is 35.9 Å². The Morgan fingerprint density at radius 2 is 1.86 bits per heavy atom. The topological polar surface area (TPSA) is 3.24 Å². The molecule has 0 saturated carbocycles. The van der Waals surface area contributed by atoms with E-state index in [9.17, 15) is 0 Å². The van der Waals surface area contributed by atoms with Gasteiger partial charge in [-0.15, -0.1) is 0 Å². The van der Waals surface area contributed by atoms with Crippen LogP contribution in [0.25, 0.3) is 0 Å². The van der Waals surface area contributed by atoms with Crippen LogP contribution in [0, 0.1) is 0 Å². The van der Waals surface area contributed by atoms with E-state index < -0.39 is 0 Å². The zero-order valence-corrected chi connectivity index (χ0v) is 9.53. The van der Waals surface area contributed by atoms with Crippen LogP contribution in [0.1, 0.15) is 24.4 Å². The van der Waals surface area contributed by atoms with E-state index in [2.05, 4.69) is 67.0 Å². The summed E-state index contributed by atoms with van der Waals surface area (Å²) in [4.78, 5) is 2.31. The molecule has 1 nitrogen and oxygen atoms in total. The van der Waals surface area contributed by atoms with Crippen molar-refractivity contribution in [3.8, 4) is 0 Å². The standard InChI is InChI=1S/C12H18N.Li/c1-4-8-12(13(2)3)11-9-6-5-7-10-11;/h5-7,9-10,12H,1,4,8H2,2-3H3;. The third-order valence-electron chi connectivity index (χ3n) is 2.64. The van der Waals surface area contributed by atoms with Gasteiger partial charge in [0.05, 0.1) is 0 Å². The Balaban J connectivity index is 2.68. The molecule has 0 bridgehead atoms. The van der Waals surface area contributed by atoms with Gasteiger partial charge in [0.1, 0.15) is 0 Å². The van der Waals surface area contributed by atoms with Gasteiger partial charge in [0.2, 0.25) is 0 Å². The Kier molecular flexibility index (Phi) is 5.33. The van der Waals surface area contributed by atoms with Crippen molar-refractivity contribution in [3.63, 3.8) is 0 Å². The number of hydrogen-bond acceptors (Lipinski definition) is 1. The van der Waals surface area contributed by atoms with Crippen LogP contribution in [0.5, 0.6) is 0 Å². The van der Waals surface area contributed by atoms with Crippen molar-refractivity contribution in [2.24, 2.45) is 0 Å². The number of hydrogen-bond donors (Lipinski definition) is 0. The van der Waals surface area contributed by atoms with E-state index in [1.165, 1.54) is 23.5 Å². The normalized spacial score (nSPS) is 13.2. The molecule has 0 spiro atoms. The summed E-state index contributed by atoms with van der Waals surface area (Å²) < 4.78 is 0. The van der Waals surface area contributed by atoms with Crippen LogP contribution in [-0.2, 0) is 0 Å². The third-order valence-corrected chi connectivity index (χ3v) is 2.64. The fraction of sp³-hybridized carbons (Fsp3) is 0.500. The summed E-state index contributed by atoms with van der Waals surface area (Å²) in [7, 11) is 4.32. The van der Waals surface area contributed by atoms with Crippen LogP contribution in [-0.4, -0.2) is 36.7 Å². The van der Waals surface area contributed by atoms with Gasteiger partial charge in [0.15, 0.2) is 0 Å². The summed E-state index contributed by atoms with van der Waals surface area (Å²) >= 11 is 2.25. The minimum atomic E-state index is 0.580. The molecular weight excluding hydrogens is 165 g/mol. The molecule has 0 radical (unpaired) electrons. The molecule has 1 unspecified atom stereocenters. The van der Waals surface area contributed by atoms with Gasteiger partial charge in [0, 0.05) is 0 Å². The summed E-state index contributed by atoms with van der Waals surface area (Å²) in [5.41, 5.74) is 1.44. The molecule has 0 saturated heterocycles. The first kappa shape index (κ1) is 11.8. The number of rotatable bonds is 5. The van der Waals surface area contributed by atoms with Gasteiger partial charge in [-0.2, -0.15) is 0 Å². The van der Waals surface area contributed by atoms with Gasteiger partial charge >= 0.3 is 96.6 Å². The summed E-state index contributed by atoms with van der Waals surface area (Å²) in [5, 5.41) is 1.27. The van der Waals surface area contributed by atoms with Gasteiger partial charge < -0.3 is 0 Å². The molecule has 0 fully saturated rings. The fourth-order valence-corrected chi connectivity index (χ4v) is 1.80. The molecule has 2 heteroatoms. The Morgan fingerprint density at radius 3 is 2.36 bits per heavy atom. The fourth-order valence-electron chi connectivity index (χ4n) is 1.80. The molecule has 0 heterocycles. The van der Waals surface area contributed by atoms with Gasteiger partial charge in [0.25, 0.3) is 0 Å². The van der Waals surface area contributed by atoms with Crippen LogP contribution >= 0.6 is 0 Å². The molecule has 1 aromatic carbocycles. The van der Waals surface area contributed by atoms with Crippen LogP contribution in [0.15, 0.2) is 30.3 Å². The van der Waals surface area contributed by atoms with Gasteiger partial charge in [-0.25, -0.2) is 0 Å². The SMILES string of the molecule is [Li][CH2]CCC(c1ccccc1)N(C)C. The van der Waals surface area contributed by atoms with Gasteiger partial charge in [-0.3, -0.25) is 0 Å². The average molecular weight is 183 g/mol. The van der Waals surface area contributed by atoms with E-state index in [0.717, 1.165) is 0 Å². The maximum absolute atomic E-state index is 2.31. The van der Waals surface area contributed by atoms with E-state index in [1.54, 1.807) is 0 Å². The molecular formula is C12H18LiN. The first-order chi connectivity index (χ1) is 6.75. The molecule has 0 N–H and O–H groups in total. The quantitative estimate of drug-likeness (QED) is 0.634. The van der Waals surface area contributed by atoms with Crippen molar-refractivity contribution in [1.82, 2.24) is 4.90 Å². The van der Waals surface area contributed by atoms with Gasteiger partial charge in [-0.05, 0) is 0 Å². The van der Waals surface area contributed by atoms with Crippen LogP contribution < -0.4 is 0 Å². The van der Waals surface area contributed by atoms with E-state index in [0.29, 0.717) is 6.04 Å². The number of benzene rings is 1. The predicted molar refractivity (Wildman–Crippen MR) is 62.7 cm³/mol. The molecule has 1 aromatic rings. The molecule has 0 aliphatic heterocycles. The monoisotopic (exact) mass is 183 g/mol. The van der Waals surface area contributed by atoms with E-state index >= 15 is 0 Å². The Labute approximate surface area is 96.7 Å². The van der Waals surface area contributed by atoms with Crippen molar-refractivity contribution < 1.29 is 0 Å². The summed E-state index contributed by atoms with van der Waals surface area (Å²) in [6.45, 7) is 0. The van der Waals surface area contributed by atoms with E-state index in [1.807, 2.05) is 0 Å². The summed E-state index contributed by atoms with van der Waals surface area (Å²) in [6, 6.07) is 11.3. The maximum atomic E-state index is 2.31.